The Labute approximate surface area is 146 Å². The van der Waals surface area contributed by atoms with Crippen molar-refractivity contribution in [3.63, 3.8) is 0 Å². The SMILES string of the molecule is Cc1ccc2c(c1)CCC1C2CC[C@@]2(C)C1CC[C@]2(C)OCCO. The number of rotatable bonds is 3. The molecule has 0 aromatic heterocycles. The Morgan fingerprint density at radius 2 is 2.00 bits per heavy atom. The number of aliphatic hydroxyl groups is 1. The summed E-state index contributed by atoms with van der Waals surface area (Å²) in [7, 11) is 0. The van der Waals surface area contributed by atoms with E-state index in [0.29, 0.717) is 6.61 Å². The highest BCUT2D eigenvalue weighted by Gasteiger charge is 2.60. The zero-order chi connectivity index (χ0) is 16.9. The fraction of sp³-hybridized carbons (Fsp3) is 0.727. The predicted octanol–water partition coefficient (Wildman–Crippen LogP) is 4.62. The van der Waals surface area contributed by atoms with Gasteiger partial charge < -0.3 is 9.84 Å². The molecule has 4 rings (SSSR count). The largest absolute Gasteiger partial charge is 0.394 e. The van der Waals surface area contributed by atoms with E-state index in [1.54, 1.807) is 11.1 Å². The van der Waals surface area contributed by atoms with Crippen LogP contribution in [0.2, 0.25) is 0 Å². The van der Waals surface area contributed by atoms with E-state index in [1.807, 2.05) is 0 Å². The Kier molecular flexibility index (Phi) is 4.04. The first-order valence-corrected chi connectivity index (χ1v) is 9.83. The van der Waals surface area contributed by atoms with Crippen molar-refractivity contribution in [1.29, 1.82) is 0 Å². The molecule has 0 radical (unpaired) electrons. The van der Waals surface area contributed by atoms with E-state index in [2.05, 4.69) is 39.0 Å². The van der Waals surface area contributed by atoms with Crippen molar-refractivity contribution in [3.05, 3.63) is 34.9 Å². The number of aryl methyl sites for hydroxylation is 2. The van der Waals surface area contributed by atoms with Crippen molar-refractivity contribution in [2.75, 3.05) is 13.2 Å². The van der Waals surface area contributed by atoms with Gasteiger partial charge in [-0.15, -0.1) is 0 Å². The highest BCUT2D eigenvalue weighted by molar-refractivity contribution is 5.38. The van der Waals surface area contributed by atoms with E-state index in [9.17, 15) is 5.11 Å². The lowest BCUT2D eigenvalue weighted by molar-refractivity contribution is -0.139. The fourth-order valence-electron chi connectivity index (χ4n) is 6.44. The Morgan fingerprint density at radius 1 is 1.17 bits per heavy atom. The van der Waals surface area contributed by atoms with Crippen LogP contribution in [0.15, 0.2) is 18.2 Å². The maximum atomic E-state index is 9.22. The van der Waals surface area contributed by atoms with Gasteiger partial charge in [0.05, 0.1) is 18.8 Å². The zero-order valence-corrected chi connectivity index (χ0v) is 15.5. The predicted molar refractivity (Wildman–Crippen MR) is 97.2 cm³/mol. The van der Waals surface area contributed by atoms with Crippen LogP contribution in [0, 0.1) is 24.2 Å². The topological polar surface area (TPSA) is 29.5 Å². The van der Waals surface area contributed by atoms with E-state index >= 15 is 0 Å². The first kappa shape index (κ1) is 16.6. The van der Waals surface area contributed by atoms with Crippen LogP contribution in [0.1, 0.15) is 68.6 Å². The smallest absolute Gasteiger partial charge is 0.0711 e. The molecule has 5 atom stereocenters. The summed E-state index contributed by atoms with van der Waals surface area (Å²) in [6.07, 6.45) is 7.59. The van der Waals surface area contributed by atoms with Crippen LogP contribution < -0.4 is 0 Å². The Bertz CT molecular complexity index is 624. The van der Waals surface area contributed by atoms with Crippen molar-refractivity contribution < 1.29 is 9.84 Å². The molecule has 0 aliphatic heterocycles. The molecule has 0 spiro atoms. The van der Waals surface area contributed by atoms with Gasteiger partial charge in [-0.05, 0) is 86.7 Å². The highest BCUT2D eigenvalue weighted by atomic mass is 16.5. The van der Waals surface area contributed by atoms with Gasteiger partial charge in [0.15, 0.2) is 0 Å². The fourth-order valence-corrected chi connectivity index (χ4v) is 6.44. The summed E-state index contributed by atoms with van der Waals surface area (Å²) in [6.45, 7) is 7.61. The molecule has 1 aromatic carbocycles. The summed E-state index contributed by atoms with van der Waals surface area (Å²) in [6, 6.07) is 7.14. The second-order valence-corrected chi connectivity index (χ2v) is 8.92. The third-order valence-corrected chi connectivity index (χ3v) is 7.92. The van der Waals surface area contributed by atoms with Gasteiger partial charge in [0.1, 0.15) is 0 Å². The molecule has 1 aromatic rings. The van der Waals surface area contributed by atoms with Crippen molar-refractivity contribution in [1.82, 2.24) is 0 Å². The maximum Gasteiger partial charge on any atom is 0.0711 e. The number of ether oxygens (including phenoxy) is 1. The maximum absolute atomic E-state index is 9.22. The second kappa shape index (κ2) is 5.85. The molecule has 2 saturated carbocycles. The minimum atomic E-state index is -0.0566. The van der Waals surface area contributed by atoms with Crippen LogP contribution in [0.25, 0.3) is 0 Å². The number of benzene rings is 1. The summed E-state index contributed by atoms with van der Waals surface area (Å²) in [5.41, 5.74) is 4.87. The lowest BCUT2D eigenvalue weighted by Crippen LogP contribution is -2.50. The first-order valence-electron chi connectivity index (χ1n) is 9.83. The average Bonchev–Trinajstić information content (AvgIpc) is 2.84. The first-order chi connectivity index (χ1) is 11.5. The minimum Gasteiger partial charge on any atom is -0.394 e. The molecule has 3 aliphatic carbocycles. The summed E-state index contributed by atoms with van der Waals surface area (Å²) >= 11 is 0. The van der Waals surface area contributed by atoms with Gasteiger partial charge in [0.25, 0.3) is 0 Å². The molecule has 3 unspecified atom stereocenters. The van der Waals surface area contributed by atoms with E-state index in [0.717, 1.165) is 24.2 Å². The van der Waals surface area contributed by atoms with E-state index in [1.165, 1.54) is 37.7 Å². The van der Waals surface area contributed by atoms with Gasteiger partial charge in [-0.3, -0.25) is 0 Å². The molecule has 3 aliphatic rings. The Hall–Kier alpha value is -0.860. The molecule has 2 nitrogen and oxygen atoms in total. The molecule has 0 saturated heterocycles. The average molecular weight is 328 g/mol. The minimum absolute atomic E-state index is 0.0566. The van der Waals surface area contributed by atoms with Crippen LogP contribution in [0.4, 0.5) is 0 Å². The summed E-state index contributed by atoms with van der Waals surface area (Å²) in [5, 5.41) is 9.22. The van der Waals surface area contributed by atoms with Gasteiger partial charge in [0.2, 0.25) is 0 Å². The van der Waals surface area contributed by atoms with Gasteiger partial charge >= 0.3 is 0 Å². The van der Waals surface area contributed by atoms with E-state index < -0.39 is 0 Å². The van der Waals surface area contributed by atoms with Crippen molar-refractivity contribution in [3.8, 4) is 0 Å². The van der Waals surface area contributed by atoms with Gasteiger partial charge in [0, 0.05) is 0 Å². The molecule has 0 amide bonds. The third-order valence-electron chi connectivity index (χ3n) is 7.92. The van der Waals surface area contributed by atoms with Gasteiger partial charge in [-0.1, -0.05) is 30.7 Å². The zero-order valence-electron chi connectivity index (χ0n) is 15.5. The normalized spacial score (nSPS) is 40.8. The van der Waals surface area contributed by atoms with Crippen molar-refractivity contribution >= 4 is 0 Å². The molecule has 0 bridgehead atoms. The Morgan fingerprint density at radius 3 is 2.79 bits per heavy atom. The third kappa shape index (κ3) is 2.29. The van der Waals surface area contributed by atoms with E-state index in [4.69, 9.17) is 4.74 Å². The lowest BCUT2D eigenvalue weighted by atomic mass is 9.53. The Balaban J connectivity index is 1.63. The van der Waals surface area contributed by atoms with Crippen molar-refractivity contribution in [2.24, 2.45) is 17.3 Å². The van der Waals surface area contributed by atoms with Crippen LogP contribution in [-0.2, 0) is 11.2 Å². The summed E-state index contributed by atoms with van der Waals surface area (Å²) in [4.78, 5) is 0. The van der Waals surface area contributed by atoms with Crippen molar-refractivity contribution in [2.45, 2.75) is 70.8 Å². The number of fused-ring (bicyclic) bond motifs is 5. The number of hydrogen-bond donors (Lipinski definition) is 1. The standard InChI is InChI=1S/C22H32O2/c1-15-4-6-17-16(14-15)5-7-19-18(17)8-10-21(2)20(19)9-11-22(21,3)24-13-12-23/h4,6,14,18-20,23H,5,7-13H2,1-3H3/t18?,19?,20?,21-,22-/m0/s1. The number of hydrogen-bond acceptors (Lipinski definition) is 2. The van der Waals surface area contributed by atoms with Crippen LogP contribution in [-0.4, -0.2) is 23.9 Å². The van der Waals surface area contributed by atoms with Crippen LogP contribution in [0.3, 0.4) is 0 Å². The lowest BCUT2D eigenvalue weighted by Gasteiger charge is -2.53. The van der Waals surface area contributed by atoms with Crippen LogP contribution >= 0.6 is 0 Å². The van der Waals surface area contributed by atoms with Crippen LogP contribution in [0.5, 0.6) is 0 Å². The quantitative estimate of drug-likeness (QED) is 0.877. The molecular formula is C22H32O2. The molecular weight excluding hydrogens is 296 g/mol. The van der Waals surface area contributed by atoms with Gasteiger partial charge in [-0.2, -0.15) is 0 Å². The molecule has 1 N–H and O–H groups in total. The number of aliphatic hydroxyl groups excluding tert-OH is 1. The summed E-state index contributed by atoms with van der Waals surface area (Å²) < 4.78 is 6.23. The second-order valence-electron chi connectivity index (χ2n) is 8.92. The summed E-state index contributed by atoms with van der Waals surface area (Å²) in [5.74, 6) is 2.35. The molecule has 132 valence electrons. The molecule has 24 heavy (non-hydrogen) atoms. The molecule has 0 heterocycles. The van der Waals surface area contributed by atoms with Gasteiger partial charge in [-0.25, -0.2) is 0 Å². The van der Waals surface area contributed by atoms with E-state index in [-0.39, 0.29) is 17.6 Å². The molecule has 2 heteroatoms. The highest BCUT2D eigenvalue weighted by Crippen LogP contribution is 2.65. The molecule has 2 fully saturated rings. The monoisotopic (exact) mass is 328 g/mol.